The number of esters is 1. The average molecular weight is 282 g/mol. The molecule has 2 nitrogen and oxygen atoms in total. The zero-order chi connectivity index (χ0) is 14.6. The molecule has 1 aliphatic carbocycles. The van der Waals surface area contributed by atoms with Crippen LogP contribution in [0.4, 0.5) is 0 Å². The summed E-state index contributed by atoms with van der Waals surface area (Å²) < 4.78 is 5.56. The zero-order valence-corrected chi connectivity index (χ0v) is 13.7. The van der Waals surface area contributed by atoms with E-state index in [1.807, 2.05) is 0 Å². The number of rotatable bonds is 11. The minimum atomic E-state index is 0.0340. The van der Waals surface area contributed by atoms with Crippen molar-refractivity contribution in [2.45, 2.75) is 103 Å². The number of ether oxygens (including phenoxy) is 1. The van der Waals surface area contributed by atoms with Crippen molar-refractivity contribution < 1.29 is 9.53 Å². The molecule has 2 heteroatoms. The van der Waals surface area contributed by atoms with Gasteiger partial charge in [0.2, 0.25) is 0 Å². The fraction of sp³-hybridized carbons (Fsp3) is 0.944. The summed E-state index contributed by atoms with van der Waals surface area (Å²) in [4.78, 5) is 11.7. The van der Waals surface area contributed by atoms with Gasteiger partial charge in [0.1, 0.15) is 6.10 Å². The first-order chi connectivity index (χ1) is 9.74. The summed E-state index contributed by atoms with van der Waals surface area (Å²) >= 11 is 0. The van der Waals surface area contributed by atoms with Crippen molar-refractivity contribution in [1.82, 2.24) is 0 Å². The van der Waals surface area contributed by atoms with E-state index in [4.69, 9.17) is 4.74 Å². The molecular weight excluding hydrogens is 248 g/mol. The lowest BCUT2D eigenvalue weighted by molar-refractivity contribution is -0.150. The van der Waals surface area contributed by atoms with E-state index in [1.54, 1.807) is 0 Å². The van der Waals surface area contributed by atoms with Crippen molar-refractivity contribution in [2.24, 2.45) is 5.92 Å². The van der Waals surface area contributed by atoms with E-state index in [9.17, 15) is 4.79 Å². The summed E-state index contributed by atoms with van der Waals surface area (Å²) in [6.07, 6.45) is 16.0. The van der Waals surface area contributed by atoms with Gasteiger partial charge in [-0.1, -0.05) is 65.2 Å². The third kappa shape index (κ3) is 7.91. The molecule has 0 saturated heterocycles. The smallest absolute Gasteiger partial charge is 0.306 e. The van der Waals surface area contributed by atoms with Crippen LogP contribution in [0.25, 0.3) is 0 Å². The SMILES string of the molecule is CCCCCCCCCCCC(=O)O[C@@H]1CCC[C@@H]1C. The van der Waals surface area contributed by atoms with Crippen LogP contribution in [0.2, 0.25) is 0 Å². The lowest BCUT2D eigenvalue weighted by Crippen LogP contribution is -2.20. The second kappa shape index (κ2) is 11.2. The molecule has 0 aromatic heterocycles. The van der Waals surface area contributed by atoms with E-state index in [2.05, 4.69) is 13.8 Å². The number of unbranched alkanes of at least 4 members (excludes halogenated alkanes) is 8. The van der Waals surface area contributed by atoms with Crippen LogP contribution in [-0.2, 0) is 9.53 Å². The summed E-state index contributed by atoms with van der Waals surface area (Å²) in [5.74, 6) is 0.605. The Kier molecular flexibility index (Phi) is 9.78. The second-order valence-electron chi connectivity index (χ2n) is 6.51. The Hall–Kier alpha value is -0.530. The first-order valence-corrected chi connectivity index (χ1v) is 8.93. The van der Waals surface area contributed by atoms with Crippen LogP contribution in [0.3, 0.4) is 0 Å². The van der Waals surface area contributed by atoms with Crippen molar-refractivity contribution in [3.8, 4) is 0 Å². The molecule has 0 N–H and O–H groups in total. The van der Waals surface area contributed by atoms with Crippen molar-refractivity contribution in [3.63, 3.8) is 0 Å². The van der Waals surface area contributed by atoms with Gasteiger partial charge in [-0.15, -0.1) is 0 Å². The van der Waals surface area contributed by atoms with E-state index in [0.29, 0.717) is 12.3 Å². The van der Waals surface area contributed by atoms with Gasteiger partial charge >= 0.3 is 5.97 Å². The fourth-order valence-corrected chi connectivity index (χ4v) is 3.09. The molecule has 118 valence electrons. The van der Waals surface area contributed by atoms with Crippen LogP contribution in [0.15, 0.2) is 0 Å². The Labute approximate surface area is 125 Å². The van der Waals surface area contributed by atoms with Crippen molar-refractivity contribution in [1.29, 1.82) is 0 Å². The Bertz CT molecular complexity index is 250. The molecule has 0 heterocycles. The highest BCUT2D eigenvalue weighted by Crippen LogP contribution is 2.28. The van der Waals surface area contributed by atoms with Gasteiger partial charge in [0.25, 0.3) is 0 Å². The first kappa shape index (κ1) is 17.5. The molecule has 20 heavy (non-hydrogen) atoms. The second-order valence-corrected chi connectivity index (χ2v) is 6.51. The monoisotopic (exact) mass is 282 g/mol. The molecule has 0 radical (unpaired) electrons. The van der Waals surface area contributed by atoms with Crippen molar-refractivity contribution in [3.05, 3.63) is 0 Å². The highest BCUT2D eigenvalue weighted by Gasteiger charge is 2.26. The van der Waals surface area contributed by atoms with E-state index in [-0.39, 0.29) is 12.1 Å². The lowest BCUT2D eigenvalue weighted by Gasteiger charge is -2.16. The quantitative estimate of drug-likeness (QED) is 0.362. The van der Waals surface area contributed by atoms with E-state index in [0.717, 1.165) is 12.8 Å². The molecule has 0 aliphatic heterocycles. The molecule has 1 aliphatic rings. The molecule has 0 aromatic carbocycles. The molecule has 2 atom stereocenters. The van der Waals surface area contributed by atoms with Crippen LogP contribution in [0, 0.1) is 5.92 Å². The molecular formula is C18H34O2. The van der Waals surface area contributed by atoms with Crippen molar-refractivity contribution >= 4 is 5.97 Å². The molecule has 0 amide bonds. The average Bonchev–Trinajstić information content (AvgIpc) is 2.82. The van der Waals surface area contributed by atoms with Gasteiger partial charge in [-0.05, 0) is 31.6 Å². The number of carbonyl (C=O) groups excluding carboxylic acids is 1. The van der Waals surface area contributed by atoms with Gasteiger partial charge in [0, 0.05) is 6.42 Å². The zero-order valence-electron chi connectivity index (χ0n) is 13.7. The summed E-state index contributed by atoms with van der Waals surface area (Å²) in [5.41, 5.74) is 0. The minimum Gasteiger partial charge on any atom is -0.462 e. The number of hydrogen-bond donors (Lipinski definition) is 0. The highest BCUT2D eigenvalue weighted by molar-refractivity contribution is 5.69. The predicted molar refractivity (Wildman–Crippen MR) is 84.7 cm³/mol. The molecule has 0 spiro atoms. The van der Waals surface area contributed by atoms with Crippen molar-refractivity contribution in [2.75, 3.05) is 0 Å². The molecule has 0 unspecified atom stereocenters. The van der Waals surface area contributed by atoms with E-state index in [1.165, 1.54) is 64.2 Å². The maximum atomic E-state index is 11.7. The van der Waals surface area contributed by atoms with Gasteiger partial charge in [-0.25, -0.2) is 0 Å². The highest BCUT2D eigenvalue weighted by atomic mass is 16.5. The van der Waals surface area contributed by atoms with Gasteiger partial charge in [0.15, 0.2) is 0 Å². The number of carbonyl (C=O) groups is 1. The molecule has 0 bridgehead atoms. The van der Waals surface area contributed by atoms with E-state index >= 15 is 0 Å². The van der Waals surface area contributed by atoms with E-state index < -0.39 is 0 Å². The topological polar surface area (TPSA) is 26.3 Å². The summed E-state index contributed by atoms with van der Waals surface area (Å²) in [7, 11) is 0. The van der Waals surface area contributed by atoms with Crippen LogP contribution in [0.1, 0.15) is 97.3 Å². The fourth-order valence-electron chi connectivity index (χ4n) is 3.09. The molecule has 1 rings (SSSR count). The van der Waals surface area contributed by atoms with Crippen LogP contribution >= 0.6 is 0 Å². The van der Waals surface area contributed by atoms with Crippen LogP contribution < -0.4 is 0 Å². The maximum absolute atomic E-state index is 11.7. The lowest BCUT2D eigenvalue weighted by atomic mass is 10.1. The molecule has 1 fully saturated rings. The largest absolute Gasteiger partial charge is 0.462 e. The molecule has 1 saturated carbocycles. The first-order valence-electron chi connectivity index (χ1n) is 8.93. The Morgan fingerprint density at radius 2 is 1.55 bits per heavy atom. The van der Waals surface area contributed by atoms with Crippen LogP contribution in [-0.4, -0.2) is 12.1 Å². The molecule has 0 aromatic rings. The maximum Gasteiger partial charge on any atom is 0.306 e. The van der Waals surface area contributed by atoms with Gasteiger partial charge in [-0.3, -0.25) is 4.79 Å². The third-order valence-corrected chi connectivity index (χ3v) is 4.55. The van der Waals surface area contributed by atoms with Gasteiger partial charge in [0.05, 0.1) is 0 Å². The number of hydrogen-bond acceptors (Lipinski definition) is 2. The Balaban J connectivity index is 1.87. The summed E-state index contributed by atoms with van der Waals surface area (Å²) in [6.45, 7) is 4.45. The Morgan fingerprint density at radius 3 is 2.10 bits per heavy atom. The van der Waals surface area contributed by atoms with Crippen LogP contribution in [0.5, 0.6) is 0 Å². The predicted octanol–water partition coefficient (Wildman–Crippen LogP) is 5.64. The van der Waals surface area contributed by atoms with Gasteiger partial charge in [-0.2, -0.15) is 0 Å². The standard InChI is InChI=1S/C18H34O2/c1-3-4-5-6-7-8-9-10-11-15-18(19)20-17-14-12-13-16(17)2/h16-17H,3-15H2,1-2H3/t16-,17+/m0/s1. The third-order valence-electron chi connectivity index (χ3n) is 4.55. The minimum absolute atomic E-state index is 0.0340. The summed E-state index contributed by atoms with van der Waals surface area (Å²) in [6, 6.07) is 0. The Morgan fingerprint density at radius 1 is 0.950 bits per heavy atom. The van der Waals surface area contributed by atoms with Gasteiger partial charge < -0.3 is 4.74 Å². The summed E-state index contributed by atoms with van der Waals surface area (Å²) in [5, 5.41) is 0. The normalized spacial score (nSPS) is 22.1.